The zero-order valence-corrected chi connectivity index (χ0v) is 14.8. The highest BCUT2D eigenvalue weighted by molar-refractivity contribution is 7.09. The van der Waals surface area contributed by atoms with Crippen LogP contribution >= 0.6 is 11.3 Å². The van der Waals surface area contributed by atoms with Gasteiger partial charge in [0, 0.05) is 24.7 Å². The Balaban J connectivity index is 1.61. The number of ether oxygens (including phenoxy) is 1. The summed E-state index contributed by atoms with van der Waals surface area (Å²) in [4.78, 5) is 19.2. The quantitative estimate of drug-likeness (QED) is 0.903. The Morgan fingerprint density at radius 2 is 2.33 bits per heavy atom. The fourth-order valence-electron chi connectivity index (χ4n) is 3.49. The Morgan fingerprint density at radius 3 is 3.00 bits per heavy atom. The smallest absolute Gasteiger partial charge is 0.238 e. The highest BCUT2D eigenvalue weighted by Crippen LogP contribution is 2.28. The van der Waals surface area contributed by atoms with Crippen molar-refractivity contribution in [3.63, 3.8) is 0 Å². The van der Waals surface area contributed by atoms with Crippen LogP contribution in [0.3, 0.4) is 0 Å². The average molecular weight is 348 g/mol. The maximum Gasteiger partial charge on any atom is 0.238 e. The van der Waals surface area contributed by atoms with E-state index in [2.05, 4.69) is 21.3 Å². The molecule has 1 aliphatic heterocycles. The standard InChI is InChI=1S/C17H24N4O2S/c1-13(15(22)20-17(12-18)5-3-2-4-6-17)21-8-9-23-14(11-21)16-19-7-10-24-16/h7,10,13-14H,2-6,8-9,11H2,1H3,(H,20,22). The molecule has 130 valence electrons. The van der Waals surface area contributed by atoms with Gasteiger partial charge in [0.25, 0.3) is 0 Å². The third-order valence-electron chi connectivity index (χ3n) is 5.04. The molecule has 1 saturated heterocycles. The number of thiazole rings is 1. The minimum atomic E-state index is -0.676. The summed E-state index contributed by atoms with van der Waals surface area (Å²) in [6.07, 6.45) is 6.37. The molecule has 0 aromatic carbocycles. The van der Waals surface area contributed by atoms with Gasteiger partial charge in [-0.1, -0.05) is 19.3 Å². The number of hydrogen-bond donors (Lipinski definition) is 1. The van der Waals surface area contributed by atoms with Gasteiger partial charge in [-0.2, -0.15) is 5.26 Å². The van der Waals surface area contributed by atoms with Gasteiger partial charge < -0.3 is 10.1 Å². The predicted molar refractivity (Wildman–Crippen MR) is 91.4 cm³/mol. The van der Waals surface area contributed by atoms with Crippen LogP contribution in [-0.4, -0.2) is 47.1 Å². The van der Waals surface area contributed by atoms with Crippen molar-refractivity contribution in [1.29, 1.82) is 5.26 Å². The van der Waals surface area contributed by atoms with E-state index in [1.807, 2.05) is 12.3 Å². The van der Waals surface area contributed by atoms with E-state index in [0.717, 1.165) is 43.7 Å². The Kier molecular flexibility index (Phi) is 5.49. The van der Waals surface area contributed by atoms with Gasteiger partial charge in [0.15, 0.2) is 0 Å². The number of nitriles is 1. The maximum atomic E-state index is 12.7. The van der Waals surface area contributed by atoms with Crippen molar-refractivity contribution < 1.29 is 9.53 Å². The lowest BCUT2D eigenvalue weighted by atomic mass is 9.82. The molecule has 2 aliphatic rings. The van der Waals surface area contributed by atoms with Crippen molar-refractivity contribution in [2.45, 2.75) is 56.7 Å². The third-order valence-corrected chi connectivity index (χ3v) is 5.90. The second-order valence-electron chi connectivity index (χ2n) is 6.64. The number of hydrogen-bond acceptors (Lipinski definition) is 6. The van der Waals surface area contributed by atoms with Gasteiger partial charge in [-0.25, -0.2) is 4.98 Å². The van der Waals surface area contributed by atoms with Crippen molar-refractivity contribution in [3.05, 3.63) is 16.6 Å². The van der Waals surface area contributed by atoms with Crippen LogP contribution < -0.4 is 5.32 Å². The minimum Gasteiger partial charge on any atom is -0.368 e. The second-order valence-corrected chi connectivity index (χ2v) is 7.57. The molecule has 0 bridgehead atoms. The van der Waals surface area contributed by atoms with Gasteiger partial charge in [0.05, 0.1) is 18.7 Å². The van der Waals surface area contributed by atoms with Crippen LogP contribution in [0.4, 0.5) is 0 Å². The third kappa shape index (κ3) is 3.77. The van der Waals surface area contributed by atoms with Gasteiger partial charge in [-0.05, 0) is 19.8 Å². The molecule has 1 amide bonds. The normalized spacial score (nSPS) is 25.6. The fraction of sp³-hybridized carbons (Fsp3) is 0.706. The van der Waals surface area contributed by atoms with Gasteiger partial charge >= 0.3 is 0 Å². The predicted octanol–water partition coefficient (Wildman–Crippen LogP) is 2.25. The summed E-state index contributed by atoms with van der Waals surface area (Å²) >= 11 is 1.58. The number of nitrogens with zero attached hydrogens (tertiary/aromatic N) is 3. The first kappa shape index (κ1) is 17.3. The zero-order valence-electron chi connectivity index (χ0n) is 14.0. The Labute approximate surface area is 146 Å². The van der Waals surface area contributed by atoms with Crippen molar-refractivity contribution in [2.24, 2.45) is 0 Å². The number of morpholine rings is 1. The first-order valence-electron chi connectivity index (χ1n) is 8.62. The Hall–Kier alpha value is -1.49. The van der Waals surface area contributed by atoms with Gasteiger partial charge in [0.1, 0.15) is 16.7 Å². The van der Waals surface area contributed by atoms with E-state index in [1.54, 1.807) is 17.5 Å². The van der Waals surface area contributed by atoms with E-state index in [4.69, 9.17) is 4.74 Å². The topological polar surface area (TPSA) is 78.2 Å². The van der Waals surface area contributed by atoms with Crippen LogP contribution in [0.1, 0.15) is 50.1 Å². The van der Waals surface area contributed by atoms with Crippen LogP contribution in [0.15, 0.2) is 11.6 Å². The fourth-order valence-corrected chi connectivity index (χ4v) is 4.17. The Morgan fingerprint density at radius 1 is 1.54 bits per heavy atom. The van der Waals surface area contributed by atoms with E-state index < -0.39 is 5.54 Å². The molecule has 1 N–H and O–H groups in total. The lowest BCUT2D eigenvalue weighted by Gasteiger charge is -2.38. The summed E-state index contributed by atoms with van der Waals surface area (Å²) in [6.45, 7) is 3.87. The number of carbonyl (C=O) groups is 1. The lowest BCUT2D eigenvalue weighted by molar-refractivity contribution is -0.131. The summed E-state index contributed by atoms with van der Waals surface area (Å²) in [5.74, 6) is -0.0572. The van der Waals surface area contributed by atoms with Crippen molar-refractivity contribution in [3.8, 4) is 6.07 Å². The highest BCUT2D eigenvalue weighted by Gasteiger charge is 2.37. The molecule has 2 atom stereocenters. The SMILES string of the molecule is CC(C(=O)NC1(C#N)CCCCC1)N1CCOC(c2nccs2)C1. The molecular formula is C17H24N4O2S. The number of amides is 1. The molecule has 24 heavy (non-hydrogen) atoms. The van der Waals surface area contributed by atoms with Crippen LogP contribution in [0.2, 0.25) is 0 Å². The van der Waals surface area contributed by atoms with Crippen LogP contribution in [0, 0.1) is 11.3 Å². The molecule has 3 rings (SSSR count). The number of aromatic nitrogens is 1. The monoisotopic (exact) mass is 348 g/mol. The molecule has 7 heteroatoms. The molecule has 6 nitrogen and oxygen atoms in total. The van der Waals surface area contributed by atoms with E-state index in [1.165, 1.54) is 0 Å². The average Bonchev–Trinajstić information content (AvgIpc) is 3.16. The molecule has 0 radical (unpaired) electrons. The number of rotatable bonds is 4. The minimum absolute atomic E-state index is 0.0572. The molecule has 1 aliphatic carbocycles. The summed E-state index contributed by atoms with van der Waals surface area (Å²) in [5, 5.41) is 15.5. The number of carbonyl (C=O) groups excluding carboxylic acids is 1. The zero-order chi connectivity index (χ0) is 17.0. The van der Waals surface area contributed by atoms with Gasteiger partial charge in [0.2, 0.25) is 5.91 Å². The molecule has 1 aromatic heterocycles. The molecular weight excluding hydrogens is 324 g/mol. The molecule has 2 heterocycles. The van der Waals surface area contributed by atoms with Crippen molar-refractivity contribution >= 4 is 17.2 Å². The van der Waals surface area contributed by atoms with Crippen molar-refractivity contribution in [1.82, 2.24) is 15.2 Å². The van der Waals surface area contributed by atoms with Crippen LogP contribution in [-0.2, 0) is 9.53 Å². The molecule has 2 unspecified atom stereocenters. The lowest BCUT2D eigenvalue weighted by Crippen LogP contribution is -2.56. The first-order chi connectivity index (χ1) is 11.6. The van der Waals surface area contributed by atoms with E-state index >= 15 is 0 Å². The number of nitrogens with one attached hydrogen (secondary N) is 1. The van der Waals surface area contributed by atoms with Gasteiger partial charge in [-0.15, -0.1) is 11.3 Å². The molecule has 2 fully saturated rings. The van der Waals surface area contributed by atoms with Crippen molar-refractivity contribution in [2.75, 3.05) is 19.7 Å². The summed E-state index contributed by atoms with van der Waals surface area (Å²) < 4.78 is 5.80. The Bertz CT molecular complexity index is 592. The van der Waals surface area contributed by atoms with Crippen LogP contribution in [0.5, 0.6) is 0 Å². The van der Waals surface area contributed by atoms with E-state index in [-0.39, 0.29) is 18.1 Å². The summed E-state index contributed by atoms with van der Waals surface area (Å²) in [5.41, 5.74) is -0.676. The molecule has 1 saturated carbocycles. The summed E-state index contributed by atoms with van der Waals surface area (Å²) in [7, 11) is 0. The van der Waals surface area contributed by atoms with E-state index in [0.29, 0.717) is 13.2 Å². The maximum absolute atomic E-state index is 12.7. The van der Waals surface area contributed by atoms with Crippen LogP contribution in [0.25, 0.3) is 0 Å². The molecule has 1 aromatic rings. The molecule has 0 spiro atoms. The van der Waals surface area contributed by atoms with E-state index in [9.17, 15) is 10.1 Å². The first-order valence-corrected chi connectivity index (χ1v) is 9.50. The van der Waals surface area contributed by atoms with Gasteiger partial charge in [-0.3, -0.25) is 9.69 Å². The second kappa shape index (κ2) is 7.60. The highest BCUT2D eigenvalue weighted by atomic mass is 32.1. The largest absolute Gasteiger partial charge is 0.368 e. The summed E-state index contributed by atoms with van der Waals surface area (Å²) in [6, 6.07) is 2.08.